The third-order valence-electron chi connectivity index (χ3n) is 6.09. The summed E-state index contributed by atoms with van der Waals surface area (Å²) in [6.07, 6.45) is 0.292. The van der Waals surface area contributed by atoms with Crippen molar-refractivity contribution in [1.29, 1.82) is 0 Å². The van der Waals surface area contributed by atoms with Crippen molar-refractivity contribution in [3.8, 4) is 0 Å². The van der Waals surface area contributed by atoms with Crippen molar-refractivity contribution in [1.82, 2.24) is 10.2 Å². The number of aryl methyl sites for hydroxylation is 1. The minimum atomic E-state index is -4.19. The average molecular weight is 574 g/mol. The molecule has 0 bridgehead atoms. The zero-order chi connectivity index (χ0) is 28.7. The van der Waals surface area contributed by atoms with E-state index in [0.29, 0.717) is 22.7 Å². The van der Waals surface area contributed by atoms with E-state index in [1.807, 2.05) is 20.8 Å². The maximum atomic E-state index is 13.9. The number of carbonyl (C=O) groups is 2. The zero-order valence-electron chi connectivity index (χ0n) is 22.4. The molecular formula is C29H33ClFN3O4S. The third-order valence-corrected chi connectivity index (χ3v) is 8.13. The number of nitrogens with one attached hydrogen (secondary N) is 1. The Labute approximate surface area is 234 Å². The molecule has 0 saturated carbocycles. The Bertz CT molecular complexity index is 1380. The number of nitrogens with zero attached hydrogens (tertiary/aromatic N) is 2. The summed E-state index contributed by atoms with van der Waals surface area (Å²) in [7, 11) is -4.19. The first-order valence-corrected chi connectivity index (χ1v) is 14.4. The lowest BCUT2D eigenvalue weighted by molar-refractivity contribution is -0.140. The third kappa shape index (κ3) is 7.80. The smallest absolute Gasteiger partial charge is 0.264 e. The Hall–Kier alpha value is -3.43. The number of carbonyl (C=O) groups excluding carboxylic acids is 2. The molecule has 0 aliphatic carbocycles. The lowest BCUT2D eigenvalue weighted by atomic mass is 10.1. The molecule has 0 saturated heterocycles. The number of sulfonamides is 1. The normalized spacial score (nSPS) is 12.2. The van der Waals surface area contributed by atoms with Crippen molar-refractivity contribution in [2.45, 2.75) is 57.6 Å². The Morgan fingerprint density at radius 2 is 1.54 bits per heavy atom. The van der Waals surface area contributed by atoms with Crippen molar-refractivity contribution in [3.63, 3.8) is 0 Å². The second-order valence-corrected chi connectivity index (χ2v) is 11.8. The quantitative estimate of drug-likeness (QED) is 0.337. The van der Waals surface area contributed by atoms with Crippen molar-refractivity contribution in [3.05, 3.63) is 94.8 Å². The molecular weight excluding hydrogens is 541 g/mol. The number of amides is 2. The largest absolute Gasteiger partial charge is 0.352 e. The van der Waals surface area contributed by atoms with E-state index in [2.05, 4.69) is 5.32 Å². The second-order valence-electron chi connectivity index (χ2n) is 9.54. The predicted octanol–water partition coefficient (Wildman–Crippen LogP) is 5.31. The standard InChI is InChI=1S/C29H33ClFN3O4S/c1-5-27(29(36)32-20(2)3)33(18-22-8-12-24(31)13-9-22)28(35)19-34(25-14-6-21(4)7-15-25)39(37,38)26-16-10-23(30)11-17-26/h6-17,20,27H,5,18-19H2,1-4H3,(H,32,36). The fraction of sp³-hybridized carbons (Fsp3) is 0.310. The molecule has 2 amide bonds. The van der Waals surface area contributed by atoms with Gasteiger partial charge in [0.2, 0.25) is 11.8 Å². The van der Waals surface area contributed by atoms with Crippen molar-refractivity contribution < 1.29 is 22.4 Å². The molecule has 1 N–H and O–H groups in total. The van der Waals surface area contributed by atoms with E-state index in [1.54, 1.807) is 31.2 Å². The topological polar surface area (TPSA) is 86.8 Å². The maximum absolute atomic E-state index is 13.9. The molecule has 1 atom stereocenters. The first kappa shape index (κ1) is 30.1. The molecule has 0 aliphatic rings. The van der Waals surface area contributed by atoms with Crippen LogP contribution in [0.1, 0.15) is 38.3 Å². The van der Waals surface area contributed by atoms with Gasteiger partial charge in [-0.2, -0.15) is 0 Å². The molecule has 10 heteroatoms. The fourth-order valence-corrected chi connectivity index (χ4v) is 5.60. The van der Waals surface area contributed by atoms with Crippen LogP contribution in [0, 0.1) is 12.7 Å². The van der Waals surface area contributed by atoms with E-state index in [1.165, 1.54) is 53.4 Å². The summed E-state index contributed by atoms with van der Waals surface area (Å²) in [6.45, 7) is 6.71. The minimum absolute atomic E-state index is 0.00807. The molecule has 3 aromatic carbocycles. The first-order valence-electron chi connectivity index (χ1n) is 12.6. The molecule has 39 heavy (non-hydrogen) atoms. The zero-order valence-corrected chi connectivity index (χ0v) is 24.0. The summed E-state index contributed by atoms with van der Waals surface area (Å²) >= 11 is 5.97. The van der Waals surface area contributed by atoms with Crippen molar-refractivity contribution >= 4 is 39.1 Å². The lowest BCUT2D eigenvalue weighted by Crippen LogP contribution is -2.53. The van der Waals surface area contributed by atoms with Crippen LogP contribution in [-0.2, 0) is 26.2 Å². The van der Waals surface area contributed by atoms with Gasteiger partial charge in [-0.1, -0.05) is 48.4 Å². The predicted molar refractivity (Wildman–Crippen MR) is 151 cm³/mol. The van der Waals surface area contributed by atoms with Crippen LogP contribution in [0.4, 0.5) is 10.1 Å². The van der Waals surface area contributed by atoms with E-state index < -0.39 is 34.3 Å². The van der Waals surface area contributed by atoms with Gasteiger partial charge in [-0.25, -0.2) is 12.8 Å². The molecule has 0 aliphatic heterocycles. The van der Waals surface area contributed by atoms with Crippen LogP contribution in [0.25, 0.3) is 0 Å². The highest BCUT2D eigenvalue weighted by atomic mass is 35.5. The van der Waals surface area contributed by atoms with Crippen LogP contribution in [-0.4, -0.2) is 43.8 Å². The number of halogens is 2. The van der Waals surface area contributed by atoms with Crippen molar-refractivity contribution in [2.24, 2.45) is 0 Å². The molecule has 3 aromatic rings. The molecule has 3 rings (SSSR count). The van der Waals surface area contributed by atoms with Gasteiger partial charge in [0.25, 0.3) is 10.0 Å². The van der Waals surface area contributed by atoms with Gasteiger partial charge < -0.3 is 10.2 Å². The lowest BCUT2D eigenvalue weighted by Gasteiger charge is -2.33. The highest BCUT2D eigenvalue weighted by Gasteiger charge is 2.33. The molecule has 0 aromatic heterocycles. The summed E-state index contributed by atoms with van der Waals surface area (Å²) in [4.78, 5) is 28.4. The van der Waals surface area contributed by atoms with Gasteiger partial charge in [0.1, 0.15) is 18.4 Å². The van der Waals surface area contributed by atoms with Crippen molar-refractivity contribution in [2.75, 3.05) is 10.8 Å². The van der Waals surface area contributed by atoms with Crippen LogP contribution in [0.3, 0.4) is 0 Å². The van der Waals surface area contributed by atoms with Gasteiger partial charge in [-0.15, -0.1) is 0 Å². The first-order chi connectivity index (χ1) is 18.4. The highest BCUT2D eigenvalue weighted by molar-refractivity contribution is 7.92. The van der Waals surface area contributed by atoms with Crippen LogP contribution in [0.2, 0.25) is 5.02 Å². The number of hydrogen-bond donors (Lipinski definition) is 1. The fourth-order valence-electron chi connectivity index (χ4n) is 4.06. The number of benzene rings is 3. The second kappa shape index (κ2) is 13.1. The molecule has 0 spiro atoms. The summed E-state index contributed by atoms with van der Waals surface area (Å²) in [6, 6.07) is 17.0. The Morgan fingerprint density at radius 3 is 2.08 bits per heavy atom. The molecule has 0 fully saturated rings. The van der Waals surface area contributed by atoms with Gasteiger partial charge >= 0.3 is 0 Å². The molecule has 7 nitrogen and oxygen atoms in total. The molecule has 0 radical (unpaired) electrons. The Balaban J connectivity index is 2.05. The van der Waals surface area contributed by atoms with Gasteiger partial charge in [0.05, 0.1) is 10.6 Å². The van der Waals surface area contributed by atoms with Gasteiger partial charge in [-0.3, -0.25) is 13.9 Å². The summed E-state index contributed by atoms with van der Waals surface area (Å²) in [5.74, 6) is -1.37. The number of anilines is 1. The van der Waals surface area contributed by atoms with E-state index in [0.717, 1.165) is 9.87 Å². The average Bonchev–Trinajstić information content (AvgIpc) is 2.88. The Morgan fingerprint density at radius 1 is 0.949 bits per heavy atom. The van der Waals surface area contributed by atoms with Crippen LogP contribution < -0.4 is 9.62 Å². The van der Waals surface area contributed by atoms with Gasteiger partial charge in [0, 0.05) is 17.6 Å². The summed E-state index contributed by atoms with van der Waals surface area (Å²) in [5.41, 5.74) is 1.82. The van der Waals surface area contributed by atoms with Gasteiger partial charge in [0.15, 0.2) is 0 Å². The summed E-state index contributed by atoms with van der Waals surface area (Å²) in [5, 5.41) is 3.21. The SMILES string of the molecule is CCC(C(=O)NC(C)C)N(Cc1ccc(F)cc1)C(=O)CN(c1ccc(C)cc1)S(=O)(=O)c1ccc(Cl)cc1. The van der Waals surface area contributed by atoms with Crippen LogP contribution in [0.15, 0.2) is 77.7 Å². The van der Waals surface area contributed by atoms with Crippen LogP contribution in [0.5, 0.6) is 0 Å². The van der Waals surface area contributed by atoms with E-state index in [-0.39, 0.29) is 23.4 Å². The molecule has 0 heterocycles. The van der Waals surface area contributed by atoms with Crippen LogP contribution >= 0.6 is 11.6 Å². The molecule has 208 valence electrons. The molecule has 1 unspecified atom stereocenters. The number of rotatable bonds is 11. The van der Waals surface area contributed by atoms with E-state index in [4.69, 9.17) is 11.6 Å². The van der Waals surface area contributed by atoms with E-state index in [9.17, 15) is 22.4 Å². The monoisotopic (exact) mass is 573 g/mol. The van der Waals surface area contributed by atoms with E-state index >= 15 is 0 Å². The maximum Gasteiger partial charge on any atom is 0.264 e. The number of hydrogen-bond acceptors (Lipinski definition) is 4. The van der Waals surface area contributed by atoms with Gasteiger partial charge in [-0.05, 0) is 81.3 Å². The Kier molecular flexibility index (Phi) is 10.1. The summed E-state index contributed by atoms with van der Waals surface area (Å²) < 4.78 is 42.2. The minimum Gasteiger partial charge on any atom is -0.352 e. The highest BCUT2D eigenvalue weighted by Crippen LogP contribution is 2.26.